The first-order chi connectivity index (χ1) is 8.47. The summed E-state index contributed by atoms with van der Waals surface area (Å²) < 4.78 is 0. The average molecular weight is 251 g/mol. The second-order valence-electron chi connectivity index (χ2n) is 4.12. The van der Waals surface area contributed by atoms with Crippen molar-refractivity contribution in [3.05, 3.63) is 29.3 Å². The van der Waals surface area contributed by atoms with Crippen molar-refractivity contribution < 1.29 is 19.8 Å². The number of aromatic carboxylic acids is 2. The van der Waals surface area contributed by atoms with Crippen LogP contribution in [0.25, 0.3) is 0 Å². The molecule has 0 saturated carbocycles. The quantitative estimate of drug-likeness (QED) is 0.811. The molecule has 0 spiro atoms. The standard InChI is InChI=1S/C13H17NO4/c1-3-4-7-14(2)11-8-9(12(15)16)5-6-10(11)13(17)18/h5-6,8H,3-4,7H2,1-2H3,(H,15,16)(H,17,18). The third-order valence-corrected chi connectivity index (χ3v) is 2.73. The lowest BCUT2D eigenvalue weighted by atomic mass is 10.1. The molecule has 0 aliphatic carbocycles. The number of carboxylic acids is 2. The molecule has 0 atom stereocenters. The van der Waals surface area contributed by atoms with Crippen molar-refractivity contribution in [1.82, 2.24) is 0 Å². The topological polar surface area (TPSA) is 77.8 Å². The first-order valence-corrected chi connectivity index (χ1v) is 5.79. The van der Waals surface area contributed by atoms with Gasteiger partial charge in [-0.25, -0.2) is 9.59 Å². The fourth-order valence-electron chi connectivity index (χ4n) is 1.68. The zero-order valence-electron chi connectivity index (χ0n) is 10.5. The third-order valence-electron chi connectivity index (χ3n) is 2.73. The van der Waals surface area contributed by atoms with Crippen LogP contribution in [0.3, 0.4) is 0 Å². The number of carbonyl (C=O) groups is 2. The molecule has 0 aliphatic heterocycles. The number of nitrogens with zero attached hydrogens (tertiary/aromatic N) is 1. The lowest BCUT2D eigenvalue weighted by Crippen LogP contribution is -2.21. The van der Waals surface area contributed by atoms with Gasteiger partial charge in [0, 0.05) is 13.6 Å². The molecule has 0 saturated heterocycles. The molecule has 0 unspecified atom stereocenters. The van der Waals surface area contributed by atoms with Gasteiger partial charge >= 0.3 is 11.9 Å². The van der Waals surface area contributed by atoms with Gasteiger partial charge in [0.2, 0.25) is 0 Å². The number of anilines is 1. The van der Waals surface area contributed by atoms with E-state index in [1.807, 2.05) is 6.92 Å². The smallest absolute Gasteiger partial charge is 0.337 e. The minimum atomic E-state index is -1.06. The molecule has 2 N–H and O–H groups in total. The summed E-state index contributed by atoms with van der Waals surface area (Å²) in [6, 6.07) is 4.05. The predicted octanol–water partition coefficient (Wildman–Crippen LogP) is 2.32. The third kappa shape index (κ3) is 3.23. The zero-order chi connectivity index (χ0) is 13.7. The van der Waals surface area contributed by atoms with Crippen LogP contribution in [0.1, 0.15) is 40.5 Å². The Hall–Kier alpha value is -2.04. The van der Waals surface area contributed by atoms with Gasteiger partial charge < -0.3 is 15.1 Å². The van der Waals surface area contributed by atoms with Crippen molar-refractivity contribution in [3.63, 3.8) is 0 Å². The molecule has 0 aromatic heterocycles. The van der Waals surface area contributed by atoms with E-state index in [1.165, 1.54) is 18.2 Å². The summed E-state index contributed by atoms with van der Waals surface area (Å²) in [5.41, 5.74) is 0.660. The highest BCUT2D eigenvalue weighted by atomic mass is 16.4. The van der Waals surface area contributed by atoms with Crippen molar-refractivity contribution >= 4 is 17.6 Å². The van der Waals surface area contributed by atoms with Crippen LogP contribution in [-0.2, 0) is 0 Å². The second-order valence-corrected chi connectivity index (χ2v) is 4.12. The molecule has 1 aromatic rings. The molecule has 5 heteroatoms. The van der Waals surface area contributed by atoms with E-state index in [9.17, 15) is 9.59 Å². The molecular formula is C13H17NO4. The van der Waals surface area contributed by atoms with E-state index in [1.54, 1.807) is 11.9 Å². The van der Waals surface area contributed by atoms with Gasteiger partial charge in [-0.1, -0.05) is 13.3 Å². The highest BCUT2D eigenvalue weighted by Gasteiger charge is 2.16. The zero-order valence-corrected chi connectivity index (χ0v) is 10.5. The van der Waals surface area contributed by atoms with Crippen LogP contribution in [0.4, 0.5) is 5.69 Å². The van der Waals surface area contributed by atoms with Crippen molar-refractivity contribution in [3.8, 4) is 0 Å². The molecule has 0 aliphatic rings. The molecule has 1 rings (SSSR count). The summed E-state index contributed by atoms with van der Waals surface area (Å²) in [6.45, 7) is 2.74. The van der Waals surface area contributed by atoms with Gasteiger partial charge in [0.1, 0.15) is 0 Å². The van der Waals surface area contributed by atoms with E-state index in [4.69, 9.17) is 10.2 Å². The highest BCUT2D eigenvalue weighted by molar-refractivity contribution is 5.97. The Kier molecular flexibility index (Phi) is 4.71. The Balaban J connectivity index is 3.14. The van der Waals surface area contributed by atoms with E-state index < -0.39 is 11.9 Å². The van der Waals surface area contributed by atoms with Gasteiger partial charge in [-0.05, 0) is 24.6 Å². The van der Waals surface area contributed by atoms with Crippen LogP contribution in [-0.4, -0.2) is 35.7 Å². The Morgan fingerprint density at radius 2 is 1.89 bits per heavy atom. The summed E-state index contributed by atoms with van der Waals surface area (Å²) in [5.74, 6) is -2.11. The molecule has 0 bridgehead atoms. The molecule has 5 nitrogen and oxygen atoms in total. The van der Waals surface area contributed by atoms with Gasteiger partial charge in [-0.15, -0.1) is 0 Å². The molecule has 1 aromatic carbocycles. The first kappa shape index (κ1) is 14.0. The van der Waals surface area contributed by atoms with Crippen molar-refractivity contribution in [2.45, 2.75) is 19.8 Å². The summed E-state index contributed by atoms with van der Waals surface area (Å²) in [7, 11) is 1.77. The minimum Gasteiger partial charge on any atom is -0.478 e. The predicted molar refractivity (Wildman–Crippen MR) is 68.5 cm³/mol. The average Bonchev–Trinajstić information content (AvgIpc) is 2.34. The van der Waals surface area contributed by atoms with Gasteiger partial charge in [0.15, 0.2) is 0 Å². The summed E-state index contributed by atoms with van der Waals surface area (Å²) in [6.07, 6.45) is 1.91. The number of benzene rings is 1. The largest absolute Gasteiger partial charge is 0.478 e. The van der Waals surface area contributed by atoms with E-state index in [0.717, 1.165) is 12.8 Å². The lowest BCUT2D eigenvalue weighted by molar-refractivity contribution is 0.0681. The Morgan fingerprint density at radius 3 is 2.39 bits per heavy atom. The number of hydrogen-bond acceptors (Lipinski definition) is 3. The van der Waals surface area contributed by atoms with Gasteiger partial charge in [0.05, 0.1) is 16.8 Å². The van der Waals surface area contributed by atoms with Crippen LogP contribution >= 0.6 is 0 Å². The first-order valence-electron chi connectivity index (χ1n) is 5.79. The minimum absolute atomic E-state index is 0.0957. The van der Waals surface area contributed by atoms with Crippen molar-refractivity contribution in [2.75, 3.05) is 18.5 Å². The molecule has 0 fully saturated rings. The van der Waals surface area contributed by atoms with Crippen molar-refractivity contribution in [2.24, 2.45) is 0 Å². The Labute approximate surface area is 106 Å². The molecule has 98 valence electrons. The number of unbranched alkanes of at least 4 members (excludes halogenated alkanes) is 1. The second kappa shape index (κ2) is 6.05. The van der Waals surface area contributed by atoms with Gasteiger partial charge in [-0.3, -0.25) is 0 Å². The number of rotatable bonds is 6. The molecule has 0 heterocycles. The van der Waals surface area contributed by atoms with Gasteiger partial charge in [-0.2, -0.15) is 0 Å². The maximum absolute atomic E-state index is 11.1. The summed E-state index contributed by atoms with van der Waals surface area (Å²) in [5, 5.41) is 18.0. The molecule has 0 radical (unpaired) electrons. The van der Waals surface area contributed by atoms with Crippen LogP contribution in [0.15, 0.2) is 18.2 Å². The number of hydrogen-bond donors (Lipinski definition) is 2. The molecular weight excluding hydrogens is 234 g/mol. The van der Waals surface area contributed by atoms with E-state index in [2.05, 4.69) is 0 Å². The lowest BCUT2D eigenvalue weighted by Gasteiger charge is -2.21. The number of carboxylic acid groups (broad SMARTS) is 2. The SMILES string of the molecule is CCCCN(C)c1cc(C(=O)O)ccc1C(=O)O. The monoisotopic (exact) mass is 251 g/mol. The molecule has 18 heavy (non-hydrogen) atoms. The van der Waals surface area contributed by atoms with Crippen LogP contribution in [0.5, 0.6) is 0 Å². The maximum atomic E-state index is 11.1. The van der Waals surface area contributed by atoms with E-state index in [0.29, 0.717) is 12.2 Å². The fourth-order valence-corrected chi connectivity index (χ4v) is 1.68. The van der Waals surface area contributed by atoms with Crippen LogP contribution in [0, 0.1) is 0 Å². The van der Waals surface area contributed by atoms with E-state index >= 15 is 0 Å². The van der Waals surface area contributed by atoms with Crippen LogP contribution < -0.4 is 4.90 Å². The highest BCUT2D eigenvalue weighted by Crippen LogP contribution is 2.22. The van der Waals surface area contributed by atoms with Gasteiger partial charge in [0.25, 0.3) is 0 Å². The normalized spacial score (nSPS) is 10.1. The maximum Gasteiger partial charge on any atom is 0.337 e. The van der Waals surface area contributed by atoms with E-state index in [-0.39, 0.29) is 11.1 Å². The Morgan fingerprint density at radius 1 is 1.22 bits per heavy atom. The van der Waals surface area contributed by atoms with Crippen LogP contribution in [0.2, 0.25) is 0 Å². The summed E-state index contributed by atoms with van der Waals surface area (Å²) in [4.78, 5) is 23.8. The Bertz CT molecular complexity index is 456. The van der Waals surface area contributed by atoms with Crippen molar-refractivity contribution in [1.29, 1.82) is 0 Å². The summed E-state index contributed by atoms with van der Waals surface area (Å²) >= 11 is 0. The fraction of sp³-hybridized carbons (Fsp3) is 0.385. The molecule has 0 amide bonds.